The lowest BCUT2D eigenvalue weighted by Crippen LogP contribution is -2.28. The Bertz CT molecular complexity index is 646. The number of carbonyl (C=O) groups excluding carboxylic acids is 2. The molecule has 0 spiro atoms. The molecule has 2 aromatic rings. The first-order valence-electron chi connectivity index (χ1n) is 5.97. The average molecular weight is 328 g/mol. The Morgan fingerprint density at radius 3 is 2.81 bits per heavy atom. The van der Waals surface area contributed by atoms with Gasteiger partial charge in [0.05, 0.1) is 17.1 Å². The SMILES string of the molecule is O=C(COC(=O)c1ccc(F)cc1Cl)NCc1cccs1. The molecule has 0 atom stereocenters. The molecule has 1 heterocycles. The number of hydrogen-bond donors (Lipinski definition) is 1. The maximum absolute atomic E-state index is 12.9. The number of benzene rings is 1. The number of halogens is 2. The number of hydrogen-bond acceptors (Lipinski definition) is 4. The summed E-state index contributed by atoms with van der Waals surface area (Å²) in [6.45, 7) is -0.0384. The van der Waals surface area contributed by atoms with Crippen LogP contribution in [-0.2, 0) is 16.1 Å². The van der Waals surface area contributed by atoms with Gasteiger partial charge in [-0.15, -0.1) is 11.3 Å². The quantitative estimate of drug-likeness (QED) is 0.859. The third kappa shape index (κ3) is 4.54. The number of carbonyl (C=O) groups is 2. The maximum atomic E-state index is 12.9. The predicted octanol–water partition coefficient (Wildman–Crippen LogP) is 3.01. The average Bonchev–Trinajstić information content (AvgIpc) is 2.95. The second-order valence-corrected chi connectivity index (χ2v) is 5.50. The van der Waals surface area contributed by atoms with Gasteiger partial charge < -0.3 is 10.1 Å². The van der Waals surface area contributed by atoms with Gasteiger partial charge >= 0.3 is 5.97 Å². The minimum atomic E-state index is -0.772. The molecule has 0 aliphatic rings. The van der Waals surface area contributed by atoms with E-state index in [0.717, 1.165) is 17.0 Å². The molecule has 7 heteroatoms. The van der Waals surface area contributed by atoms with E-state index in [2.05, 4.69) is 5.32 Å². The van der Waals surface area contributed by atoms with Crippen molar-refractivity contribution in [2.75, 3.05) is 6.61 Å². The van der Waals surface area contributed by atoms with Gasteiger partial charge in [0, 0.05) is 4.88 Å². The van der Waals surface area contributed by atoms with Crippen molar-refractivity contribution in [3.05, 3.63) is 57.0 Å². The van der Waals surface area contributed by atoms with Gasteiger partial charge in [-0.2, -0.15) is 0 Å². The minimum Gasteiger partial charge on any atom is -0.452 e. The molecular weight excluding hydrogens is 317 g/mol. The molecule has 110 valence electrons. The fraction of sp³-hybridized carbons (Fsp3) is 0.143. The van der Waals surface area contributed by atoms with Crippen LogP contribution in [0.5, 0.6) is 0 Å². The highest BCUT2D eigenvalue weighted by Crippen LogP contribution is 2.18. The molecule has 0 unspecified atom stereocenters. The van der Waals surface area contributed by atoms with Crippen molar-refractivity contribution in [1.29, 1.82) is 0 Å². The summed E-state index contributed by atoms with van der Waals surface area (Å²) in [4.78, 5) is 24.2. The van der Waals surface area contributed by atoms with Crippen LogP contribution < -0.4 is 5.32 Å². The third-order valence-electron chi connectivity index (χ3n) is 2.53. The van der Waals surface area contributed by atoms with E-state index in [-0.39, 0.29) is 10.6 Å². The Balaban J connectivity index is 1.81. The van der Waals surface area contributed by atoms with Crippen molar-refractivity contribution >= 4 is 34.8 Å². The van der Waals surface area contributed by atoms with E-state index in [4.69, 9.17) is 16.3 Å². The van der Waals surface area contributed by atoms with Crippen molar-refractivity contribution in [2.45, 2.75) is 6.54 Å². The molecule has 0 fully saturated rings. The summed E-state index contributed by atoms with van der Waals surface area (Å²) in [7, 11) is 0. The summed E-state index contributed by atoms with van der Waals surface area (Å²) >= 11 is 7.24. The Kier molecular flexibility index (Phi) is 5.30. The highest BCUT2D eigenvalue weighted by Gasteiger charge is 2.14. The summed E-state index contributed by atoms with van der Waals surface area (Å²) in [6, 6.07) is 7.08. The summed E-state index contributed by atoms with van der Waals surface area (Å²) in [5, 5.41) is 4.46. The van der Waals surface area contributed by atoms with Gasteiger partial charge in [0.15, 0.2) is 6.61 Å². The minimum absolute atomic E-state index is 0.0177. The van der Waals surface area contributed by atoms with Gasteiger partial charge in [0.25, 0.3) is 5.91 Å². The molecule has 0 radical (unpaired) electrons. The molecule has 2 rings (SSSR count). The number of amides is 1. The Morgan fingerprint density at radius 2 is 2.14 bits per heavy atom. The summed E-state index contributed by atoms with van der Waals surface area (Å²) in [6.07, 6.45) is 0. The van der Waals surface area contributed by atoms with Crippen molar-refractivity contribution < 1.29 is 18.7 Å². The van der Waals surface area contributed by atoms with Crippen LogP contribution >= 0.6 is 22.9 Å². The molecule has 1 aromatic carbocycles. The normalized spacial score (nSPS) is 10.2. The lowest BCUT2D eigenvalue weighted by Gasteiger charge is -2.07. The topological polar surface area (TPSA) is 55.4 Å². The first-order valence-corrected chi connectivity index (χ1v) is 7.23. The second kappa shape index (κ2) is 7.19. The van der Waals surface area contributed by atoms with Crippen LogP contribution in [0, 0.1) is 5.82 Å². The van der Waals surface area contributed by atoms with E-state index >= 15 is 0 Å². The largest absolute Gasteiger partial charge is 0.452 e. The number of thiophene rings is 1. The number of nitrogens with one attached hydrogen (secondary N) is 1. The van der Waals surface area contributed by atoms with E-state index in [1.165, 1.54) is 17.4 Å². The number of esters is 1. The molecular formula is C14H11ClFNO3S. The molecule has 1 N–H and O–H groups in total. The van der Waals surface area contributed by atoms with Crippen LogP contribution in [0.1, 0.15) is 15.2 Å². The van der Waals surface area contributed by atoms with Crippen molar-refractivity contribution in [3.63, 3.8) is 0 Å². The molecule has 1 amide bonds. The van der Waals surface area contributed by atoms with E-state index in [0.29, 0.717) is 6.54 Å². The lowest BCUT2D eigenvalue weighted by atomic mass is 10.2. The van der Waals surface area contributed by atoms with Crippen LogP contribution in [0.4, 0.5) is 4.39 Å². The van der Waals surface area contributed by atoms with Crippen molar-refractivity contribution in [3.8, 4) is 0 Å². The maximum Gasteiger partial charge on any atom is 0.340 e. The predicted molar refractivity (Wildman–Crippen MR) is 77.9 cm³/mol. The fourth-order valence-corrected chi connectivity index (χ4v) is 2.40. The van der Waals surface area contributed by atoms with E-state index < -0.39 is 24.3 Å². The zero-order chi connectivity index (χ0) is 15.2. The molecule has 4 nitrogen and oxygen atoms in total. The van der Waals surface area contributed by atoms with Gasteiger partial charge in [-0.25, -0.2) is 9.18 Å². The van der Waals surface area contributed by atoms with Crippen LogP contribution in [0.2, 0.25) is 5.02 Å². The molecule has 0 saturated heterocycles. The Morgan fingerprint density at radius 1 is 1.33 bits per heavy atom. The zero-order valence-electron chi connectivity index (χ0n) is 10.8. The van der Waals surface area contributed by atoms with Gasteiger partial charge in [-0.05, 0) is 29.6 Å². The van der Waals surface area contributed by atoms with Crippen LogP contribution in [0.3, 0.4) is 0 Å². The van der Waals surface area contributed by atoms with E-state index in [1.54, 1.807) is 0 Å². The highest BCUT2D eigenvalue weighted by molar-refractivity contribution is 7.09. The monoisotopic (exact) mass is 327 g/mol. The summed E-state index contributed by atoms with van der Waals surface area (Å²) in [5.74, 6) is -1.74. The smallest absolute Gasteiger partial charge is 0.340 e. The summed E-state index contributed by atoms with van der Waals surface area (Å²) < 4.78 is 17.7. The van der Waals surface area contributed by atoms with Crippen molar-refractivity contribution in [2.24, 2.45) is 0 Å². The summed E-state index contributed by atoms with van der Waals surface area (Å²) in [5.41, 5.74) is 0.0177. The zero-order valence-corrected chi connectivity index (χ0v) is 12.3. The van der Waals surface area contributed by atoms with E-state index in [9.17, 15) is 14.0 Å². The standard InChI is InChI=1S/C14H11ClFNO3S/c15-12-6-9(16)3-4-11(12)14(19)20-8-13(18)17-7-10-2-1-5-21-10/h1-6H,7-8H2,(H,17,18). The van der Waals surface area contributed by atoms with Gasteiger partial charge in [-0.1, -0.05) is 17.7 Å². The molecule has 0 aliphatic carbocycles. The first-order chi connectivity index (χ1) is 10.1. The van der Waals surface area contributed by atoms with Crippen LogP contribution in [-0.4, -0.2) is 18.5 Å². The van der Waals surface area contributed by atoms with Gasteiger partial charge in [-0.3, -0.25) is 4.79 Å². The molecule has 0 bridgehead atoms. The van der Waals surface area contributed by atoms with Crippen LogP contribution in [0.25, 0.3) is 0 Å². The molecule has 0 aliphatic heterocycles. The van der Waals surface area contributed by atoms with Crippen LogP contribution in [0.15, 0.2) is 35.7 Å². The Hall–Kier alpha value is -1.92. The van der Waals surface area contributed by atoms with Gasteiger partial charge in [0.2, 0.25) is 0 Å². The second-order valence-electron chi connectivity index (χ2n) is 4.06. The van der Waals surface area contributed by atoms with Gasteiger partial charge in [0.1, 0.15) is 5.82 Å². The molecule has 0 saturated carbocycles. The fourth-order valence-electron chi connectivity index (χ4n) is 1.51. The lowest BCUT2D eigenvalue weighted by molar-refractivity contribution is -0.124. The third-order valence-corrected chi connectivity index (χ3v) is 3.71. The highest BCUT2D eigenvalue weighted by atomic mass is 35.5. The van der Waals surface area contributed by atoms with E-state index in [1.807, 2.05) is 17.5 Å². The number of ether oxygens (including phenoxy) is 1. The molecule has 1 aromatic heterocycles. The van der Waals surface area contributed by atoms with Crippen molar-refractivity contribution in [1.82, 2.24) is 5.32 Å². The molecule has 21 heavy (non-hydrogen) atoms. The Labute approximate surface area is 129 Å². The number of rotatable bonds is 5. The first kappa shape index (κ1) is 15.5.